The fourth-order valence-electron chi connectivity index (χ4n) is 3.14. The van der Waals surface area contributed by atoms with Gasteiger partial charge in [0.2, 0.25) is 0 Å². The Morgan fingerprint density at radius 1 is 1.33 bits per heavy atom. The standard InChI is InChI=1S/C17H26BrNOSi/c1-17(2,3)21(4,5)20-9-8-19-15-11-12-10-13(18)6-7-14(12)16(15)19/h6-7,10,15-16H,8-9,11H2,1-5H3. The fraction of sp³-hybridized carbons (Fsp3) is 0.647. The average Bonchev–Trinajstić information content (AvgIpc) is 2.89. The number of benzene rings is 1. The number of fused-ring (bicyclic) bond motifs is 3. The first kappa shape index (κ1) is 15.7. The zero-order chi connectivity index (χ0) is 15.4. The summed E-state index contributed by atoms with van der Waals surface area (Å²) in [4.78, 5) is 2.60. The quantitative estimate of drug-likeness (QED) is 0.562. The summed E-state index contributed by atoms with van der Waals surface area (Å²) in [7, 11) is -1.59. The average molecular weight is 368 g/mol. The first-order valence-electron chi connectivity index (χ1n) is 7.89. The number of nitrogens with zero attached hydrogens (tertiary/aromatic N) is 1. The molecule has 3 atom stereocenters. The highest BCUT2D eigenvalue weighted by molar-refractivity contribution is 9.10. The Balaban J connectivity index is 1.54. The molecule has 3 unspecified atom stereocenters. The SMILES string of the molecule is CC(C)(C)[Si](C)(C)OCCN1C2Cc3cc(Br)ccc3C21. The van der Waals surface area contributed by atoms with Gasteiger partial charge in [-0.25, -0.2) is 0 Å². The Bertz CT molecular complexity index is 552. The number of hydrogen-bond donors (Lipinski definition) is 0. The summed E-state index contributed by atoms with van der Waals surface area (Å²) in [5.41, 5.74) is 3.07. The summed E-state index contributed by atoms with van der Waals surface area (Å²) < 4.78 is 7.51. The molecule has 1 heterocycles. The summed E-state index contributed by atoms with van der Waals surface area (Å²) in [5, 5.41) is 0.306. The largest absolute Gasteiger partial charge is 0.416 e. The Morgan fingerprint density at radius 3 is 2.71 bits per heavy atom. The van der Waals surface area contributed by atoms with Crippen molar-refractivity contribution in [2.45, 2.75) is 57.4 Å². The van der Waals surface area contributed by atoms with E-state index in [4.69, 9.17) is 4.43 Å². The van der Waals surface area contributed by atoms with E-state index >= 15 is 0 Å². The molecule has 21 heavy (non-hydrogen) atoms. The van der Waals surface area contributed by atoms with Gasteiger partial charge in [-0.1, -0.05) is 42.8 Å². The van der Waals surface area contributed by atoms with Crippen molar-refractivity contribution in [2.75, 3.05) is 13.2 Å². The van der Waals surface area contributed by atoms with Crippen molar-refractivity contribution in [1.29, 1.82) is 0 Å². The Morgan fingerprint density at radius 2 is 2.05 bits per heavy atom. The highest BCUT2D eigenvalue weighted by Gasteiger charge is 2.53. The highest BCUT2D eigenvalue weighted by atomic mass is 79.9. The smallest absolute Gasteiger partial charge is 0.192 e. The molecular weight excluding hydrogens is 342 g/mol. The summed E-state index contributed by atoms with van der Waals surface area (Å²) in [6, 6.07) is 8.14. The molecule has 1 fully saturated rings. The minimum absolute atomic E-state index is 0.306. The molecule has 1 aromatic rings. The number of rotatable bonds is 4. The summed E-state index contributed by atoms with van der Waals surface area (Å²) in [6.45, 7) is 13.6. The van der Waals surface area contributed by atoms with Gasteiger partial charge in [0, 0.05) is 23.7 Å². The van der Waals surface area contributed by atoms with E-state index in [0.717, 1.165) is 19.2 Å². The maximum absolute atomic E-state index is 6.31. The van der Waals surface area contributed by atoms with Crippen molar-refractivity contribution in [1.82, 2.24) is 4.90 Å². The van der Waals surface area contributed by atoms with Crippen LogP contribution in [0.1, 0.15) is 37.9 Å². The molecule has 0 N–H and O–H groups in total. The minimum Gasteiger partial charge on any atom is -0.416 e. The second-order valence-electron chi connectivity index (χ2n) is 7.91. The lowest BCUT2D eigenvalue weighted by Gasteiger charge is -2.36. The summed E-state index contributed by atoms with van der Waals surface area (Å²) in [5.74, 6) is 0. The van der Waals surface area contributed by atoms with Crippen molar-refractivity contribution in [3.8, 4) is 0 Å². The van der Waals surface area contributed by atoms with E-state index in [1.54, 1.807) is 0 Å². The molecule has 0 amide bonds. The Kier molecular flexibility index (Phi) is 3.88. The predicted molar refractivity (Wildman–Crippen MR) is 94.2 cm³/mol. The van der Waals surface area contributed by atoms with E-state index in [0.29, 0.717) is 11.1 Å². The first-order chi connectivity index (χ1) is 9.71. The monoisotopic (exact) mass is 367 g/mol. The van der Waals surface area contributed by atoms with Crippen molar-refractivity contribution in [3.63, 3.8) is 0 Å². The normalized spacial score (nSPS) is 27.4. The molecule has 1 aromatic carbocycles. The van der Waals surface area contributed by atoms with Crippen LogP contribution >= 0.6 is 15.9 Å². The second-order valence-corrected chi connectivity index (χ2v) is 13.6. The molecule has 1 saturated heterocycles. The molecule has 116 valence electrons. The highest BCUT2D eigenvalue weighted by Crippen LogP contribution is 2.52. The van der Waals surface area contributed by atoms with Crippen LogP contribution in [0, 0.1) is 0 Å². The van der Waals surface area contributed by atoms with E-state index in [2.05, 4.69) is 72.9 Å². The van der Waals surface area contributed by atoms with Crippen LogP contribution in [0.5, 0.6) is 0 Å². The van der Waals surface area contributed by atoms with E-state index < -0.39 is 8.32 Å². The second kappa shape index (κ2) is 5.19. The van der Waals surface area contributed by atoms with E-state index in [9.17, 15) is 0 Å². The summed E-state index contributed by atoms with van der Waals surface area (Å²) in [6.07, 6.45) is 1.21. The first-order valence-corrected chi connectivity index (χ1v) is 11.6. The van der Waals surface area contributed by atoms with Crippen LogP contribution < -0.4 is 0 Å². The third kappa shape index (κ3) is 2.88. The van der Waals surface area contributed by atoms with Crippen LogP contribution in [0.4, 0.5) is 0 Å². The molecule has 2 nitrogen and oxygen atoms in total. The molecule has 0 bridgehead atoms. The van der Waals surface area contributed by atoms with Crippen molar-refractivity contribution in [3.05, 3.63) is 33.8 Å². The van der Waals surface area contributed by atoms with E-state index in [1.807, 2.05) is 0 Å². The summed E-state index contributed by atoms with van der Waals surface area (Å²) >= 11 is 3.57. The van der Waals surface area contributed by atoms with Gasteiger partial charge in [0.15, 0.2) is 8.32 Å². The molecule has 0 spiro atoms. The van der Waals surface area contributed by atoms with Gasteiger partial charge in [-0.05, 0) is 47.8 Å². The zero-order valence-corrected chi connectivity index (χ0v) is 16.3. The van der Waals surface area contributed by atoms with Gasteiger partial charge in [-0.3, -0.25) is 4.90 Å². The molecular formula is C17H26BrNOSi. The lowest BCUT2D eigenvalue weighted by molar-refractivity contribution is 0.256. The van der Waals surface area contributed by atoms with Crippen molar-refractivity contribution in [2.24, 2.45) is 0 Å². The van der Waals surface area contributed by atoms with Gasteiger partial charge in [0.25, 0.3) is 0 Å². The molecule has 3 rings (SSSR count). The van der Waals surface area contributed by atoms with Crippen LogP contribution in [0.2, 0.25) is 18.1 Å². The van der Waals surface area contributed by atoms with Crippen LogP contribution in [0.15, 0.2) is 22.7 Å². The number of halogens is 1. The van der Waals surface area contributed by atoms with Crippen molar-refractivity contribution < 1.29 is 4.43 Å². The van der Waals surface area contributed by atoms with Gasteiger partial charge < -0.3 is 4.43 Å². The lowest BCUT2D eigenvalue weighted by atomic mass is 10.1. The molecule has 2 aliphatic rings. The van der Waals surface area contributed by atoms with E-state index in [-0.39, 0.29) is 0 Å². The molecule has 0 radical (unpaired) electrons. The lowest BCUT2D eigenvalue weighted by Crippen LogP contribution is -2.41. The third-order valence-corrected chi connectivity index (χ3v) is 10.6. The van der Waals surface area contributed by atoms with Gasteiger partial charge >= 0.3 is 0 Å². The zero-order valence-electron chi connectivity index (χ0n) is 13.7. The molecule has 1 aliphatic heterocycles. The molecule has 4 heteroatoms. The fourth-order valence-corrected chi connectivity index (χ4v) is 4.58. The predicted octanol–water partition coefficient (Wildman–Crippen LogP) is 4.75. The van der Waals surface area contributed by atoms with E-state index in [1.165, 1.54) is 22.0 Å². The van der Waals surface area contributed by atoms with Crippen LogP contribution in [-0.4, -0.2) is 32.4 Å². The van der Waals surface area contributed by atoms with Gasteiger partial charge in [-0.15, -0.1) is 0 Å². The van der Waals surface area contributed by atoms with Crippen LogP contribution in [0.3, 0.4) is 0 Å². The minimum atomic E-state index is -1.59. The Labute approximate surface area is 138 Å². The maximum atomic E-state index is 6.31. The molecule has 0 saturated carbocycles. The Hall–Kier alpha value is -0.163. The third-order valence-electron chi connectivity index (χ3n) is 5.53. The number of hydrogen-bond acceptors (Lipinski definition) is 2. The van der Waals surface area contributed by atoms with Gasteiger partial charge in [0.1, 0.15) is 0 Å². The van der Waals surface area contributed by atoms with Crippen LogP contribution in [0.25, 0.3) is 0 Å². The molecule has 1 aliphatic carbocycles. The van der Waals surface area contributed by atoms with Gasteiger partial charge in [0.05, 0.1) is 6.04 Å². The topological polar surface area (TPSA) is 12.2 Å². The molecule has 0 aromatic heterocycles. The van der Waals surface area contributed by atoms with Crippen molar-refractivity contribution >= 4 is 24.2 Å². The van der Waals surface area contributed by atoms with Gasteiger partial charge in [-0.2, -0.15) is 0 Å². The van der Waals surface area contributed by atoms with Crippen LogP contribution in [-0.2, 0) is 10.8 Å². The maximum Gasteiger partial charge on any atom is 0.192 e.